The lowest BCUT2D eigenvalue weighted by atomic mass is 9.94. The van der Waals surface area contributed by atoms with E-state index < -0.39 is 0 Å². The Hall–Kier alpha value is -0.740. The van der Waals surface area contributed by atoms with Crippen LogP contribution in [0.2, 0.25) is 0 Å². The van der Waals surface area contributed by atoms with Crippen LogP contribution in [0.15, 0.2) is 22.8 Å². The van der Waals surface area contributed by atoms with Crippen LogP contribution in [0.25, 0.3) is 0 Å². The molecule has 0 amide bonds. The van der Waals surface area contributed by atoms with Gasteiger partial charge in [-0.05, 0) is 34.5 Å². The number of nitrogens with zero attached hydrogens (tertiary/aromatic N) is 2. The molecule has 1 aliphatic rings. The predicted molar refractivity (Wildman–Crippen MR) is 70.6 cm³/mol. The van der Waals surface area contributed by atoms with Gasteiger partial charge in [0.1, 0.15) is 5.78 Å². The van der Waals surface area contributed by atoms with Crippen molar-refractivity contribution in [1.29, 1.82) is 0 Å². The van der Waals surface area contributed by atoms with Crippen LogP contribution < -0.4 is 0 Å². The molecule has 0 bridgehead atoms. The normalized spacial score (nSPS) is 21.8. The summed E-state index contributed by atoms with van der Waals surface area (Å²) < 4.78 is 1.00. The van der Waals surface area contributed by atoms with E-state index in [9.17, 15) is 4.79 Å². The molecule has 3 nitrogen and oxygen atoms in total. The Morgan fingerprint density at radius 1 is 1.53 bits per heavy atom. The Bertz CT molecular complexity index is 391. The van der Waals surface area contributed by atoms with Crippen molar-refractivity contribution in [3.05, 3.63) is 28.5 Å². The molecule has 2 heterocycles. The Labute approximate surface area is 110 Å². The molecular weight excluding hydrogens is 280 g/mol. The topological polar surface area (TPSA) is 33.2 Å². The summed E-state index contributed by atoms with van der Waals surface area (Å²) in [5.74, 6) is 0.645. The van der Waals surface area contributed by atoms with Crippen LogP contribution in [0, 0.1) is 5.92 Å². The molecule has 0 N–H and O–H groups in total. The second kappa shape index (κ2) is 5.74. The number of carbonyl (C=O) groups excluding carboxylic acids is 1. The summed E-state index contributed by atoms with van der Waals surface area (Å²) in [7, 11) is 0. The van der Waals surface area contributed by atoms with E-state index in [1.54, 1.807) is 0 Å². The number of halogens is 1. The van der Waals surface area contributed by atoms with Crippen LogP contribution in [-0.2, 0) is 11.3 Å². The largest absolute Gasteiger partial charge is 0.299 e. The summed E-state index contributed by atoms with van der Waals surface area (Å²) in [4.78, 5) is 18.3. The van der Waals surface area contributed by atoms with Crippen molar-refractivity contribution < 1.29 is 4.79 Å². The number of piperidine rings is 1. The van der Waals surface area contributed by atoms with E-state index in [2.05, 4.69) is 32.7 Å². The maximum atomic E-state index is 11.6. The minimum Gasteiger partial charge on any atom is -0.299 e. The monoisotopic (exact) mass is 296 g/mol. The van der Waals surface area contributed by atoms with Gasteiger partial charge in [-0.15, -0.1) is 0 Å². The molecule has 1 saturated heterocycles. The highest BCUT2D eigenvalue weighted by Gasteiger charge is 2.25. The zero-order chi connectivity index (χ0) is 12.3. The molecule has 1 aliphatic heterocycles. The Morgan fingerprint density at radius 2 is 2.35 bits per heavy atom. The zero-order valence-electron chi connectivity index (χ0n) is 10.0. The average Bonchev–Trinajstić information content (AvgIpc) is 2.34. The van der Waals surface area contributed by atoms with Gasteiger partial charge in [0.05, 0.1) is 5.69 Å². The summed E-state index contributed by atoms with van der Waals surface area (Å²) in [5, 5.41) is 0. The van der Waals surface area contributed by atoms with Crippen molar-refractivity contribution in [2.45, 2.75) is 26.3 Å². The first-order valence-electron chi connectivity index (χ1n) is 6.04. The van der Waals surface area contributed by atoms with Crippen molar-refractivity contribution in [2.24, 2.45) is 5.92 Å². The number of likely N-dealkylation sites (tertiary alicyclic amines) is 1. The van der Waals surface area contributed by atoms with E-state index >= 15 is 0 Å². The van der Waals surface area contributed by atoms with Gasteiger partial charge in [0, 0.05) is 42.6 Å². The Balaban J connectivity index is 1.95. The molecule has 1 aromatic heterocycles. The molecule has 17 heavy (non-hydrogen) atoms. The van der Waals surface area contributed by atoms with Crippen molar-refractivity contribution in [2.75, 3.05) is 13.1 Å². The minimum atomic E-state index is 0.221. The maximum absolute atomic E-state index is 11.6. The second-order valence-corrected chi connectivity index (χ2v) is 5.44. The number of hydrogen-bond donors (Lipinski definition) is 0. The molecular formula is C13H17BrN2O. The van der Waals surface area contributed by atoms with Gasteiger partial charge in [0.25, 0.3) is 0 Å². The highest BCUT2D eigenvalue weighted by atomic mass is 79.9. The second-order valence-electron chi connectivity index (χ2n) is 4.52. The van der Waals surface area contributed by atoms with Gasteiger partial charge in [-0.25, -0.2) is 0 Å². The fourth-order valence-corrected chi connectivity index (χ4v) is 2.44. The average molecular weight is 297 g/mol. The summed E-state index contributed by atoms with van der Waals surface area (Å²) in [5.41, 5.74) is 1.07. The van der Waals surface area contributed by atoms with Gasteiger partial charge in [0.15, 0.2) is 0 Å². The third kappa shape index (κ3) is 3.36. The molecule has 1 atom stereocenters. The minimum absolute atomic E-state index is 0.221. The number of pyridine rings is 1. The van der Waals surface area contributed by atoms with Gasteiger partial charge in [-0.1, -0.05) is 6.92 Å². The summed E-state index contributed by atoms with van der Waals surface area (Å²) >= 11 is 3.38. The Kier molecular flexibility index (Phi) is 4.29. The molecule has 92 valence electrons. The van der Waals surface area contributed by atoms with E-state index in [0.29, 0.717) is 12.2 Å². The van der Waals surface area contributed by atoms with Crippen LogP contribution in [0.1, 0.15) is 25.5 Å². The molecule has 0 spiro atoms. The summed E-state index contributed by atoms with van der Waals surface area (Å²) in [6.07, 6.45) is 3.46. The maximum Gasteiger partial charge on any atom is 0.138 e. The SMILES string of the molecule is CCC1CN(Cc2ccc(Br)cn2)CCC1=O. The van der Waals surface area contributed by atoms with Crippen molar-refractivity contribution in [1.82, 2.24) is 9.88 Å². The first-order chi connectivity index (χ1) is 8.19. The van der Waals surface area contributed by atoms with E-state index in [-0.39, 0.29) is 5.92 Å². The summed E-state index contributed by atoms with van der Waals surface area (Å²) in [6, 6.07) is 4.04. The van der Waals surface area contributed by atoms with Gasteiger partial charge in [-0.3, -0.25) is 14.7 Å². The third-order valence-electron chi connectivity index (χ3n) is 3.28. The van der Waals surface area contributed by atoms with Gasteiger partial charge < -0.3 is 0 Å². The van der Waals surface area contributed by atoms with Crippen LogP contribution in [0.3, 0.4) is 0 Å². The predicted octanol–water partition coefficient (Wildman–Crippen LogP) is 2.65. The van der Waals surface area contributed by atoms with Crippen molar-refractivity contribution in [3.8, 4) is 0 Å². The van der Waals surface area contributed by atoms with Crippen LogP contribution >= 0.6 is 15.9 Å². The van der Waals surface area contributed by atoms with E-state index in [1.165, 1.54) is 0 Å². The molecule has 4 heteroatoms. The fourth-order valence-electron chi connectivity index (χ4n) is 2.21. The molecule has 0 aromatic carbocycles. The number of carbonyl (C=O) groups is 1. The van der Waals surface area contributed by atoms with Gasteiger partial charge in [0.2, 0.25) is 0 Å². The molecule has 1 fully saturated rings. The van der Waals surface area contributed by atoms with E-state index in [0.717, 1.165) is 36.2 Å². The van der Waals surface area contributed by atoms with Crippen LogP contribution in [0.5, 0.6) is 0 Å². The lowest BCUT2D eigenvalue weighted by molar-refractivity contribution is -0.126. The smallest absolute Gasteiger partial charge is 0.138 e. The fraction of sp³-hybridized carbons (Fsp3) is 0.538. The van der Waals surface area contributed by atoms with E-state index in [4.69, 9.17) is 0 Å². The molecule has 0 saturated carbocycles. The first-order valence-corrected chi connectivity index (χ1v) is 6.84. The highest BCUT2D eigenvalue weighted by molar-refractivity contribution is 9.10. The van der Waals surface area contributed by atoms with Gasteiger partial charge >= 0.3 is 0 Å². The highest BCUT2D eigenvalue weighted by Crippen LogP contribution is 2.18. The number of aromatic nitrogens is 1. The lowest BCUT2D eigenvalue weighted by Crippen LogP contribution is -2.40. The quantitative estimate of drug-likeness (QED) is 0.860. The lowest BCUT2D eigenvalue weighted by Gasteiger charge is -2.30. The van der Waals surface area contributed by atoms with Gasteiger partial charge in [-0.2, -0.15) is 0 Å². The third-order valence-corrected chi connectivity index (χ3v) is 3.74. The molecule has 0 aliphatic carbocycles. The number of Topliss-reactive ketones (excluding diaryl/α,β-unsaturated/α-hetero) is 1. The molecule has 0 radical (unpaired) electrons. The Morgan fingerprint density at radius 3 is 3.00 bits per heavy atom. The van der Waals surface area contributed by atoms with E-state index in [1.807, 2.05) is 18.3 Å². The van der Waals surface area contributed by atoms with Crippen LogP contribution in [-0.4, -0.2) is 28.8 Å². The molecule has 1 unspecified atom stereocenters. The van der Waals surface area contributed by atoms with Crippen molar-refractivity contribution >= 4 is 21.7 Å². The number of rotatable bonds is 3. The zero-order valence-corrected chi connectivity index (χ0v) is 11.6. The van der Waals surface area contributed by atoms with Crippen molar-refractivity contribution in [3.63, 3.8) is 0 Å². The van der Waals surface area contributed by atoms with Crippen LogP contribution in [0.4, 0.5) is 0 Å². The molecule has 1 aromatic rings. The standard InChI is InChI=1S/C13H17BrN2O/c1-2-10-8-16(6-5-13(10)17)9-12-4-3-11(14)7-15-12/h3-4,7,10H,2,5-6,8-9H2,1H3. The summed E-state index contributed by atoms with van der Waals surface area (Å²) in [6.45, 7) is 4.68. The molecule has 2 rings (SSSR count). The number of hydrogen-bond acceptors (Lipinski definition) is 3. The number of ketones is 1. The first kappa shape index (κ1) is 12.7.